The Balaban J connectivity index is 1.71. The van der Waals surface area contributed by atoms with Crippen molar-refractivity contribution >= 4 is 5.71 Å². The first-order chi connectivity index (χ1) is 11.8. The van der Waals surface area contributed by atoms with Crippen LogP contribution in [0.3, 0.4) is 0 Å². The van der Waals surface area contributed by atoms with Gasteiger partial charge in [0.15, 0.2) is 0 Å². The van der Waals surface area contributed by atoms with Crippen molar-refractivity contribution < 1.29 is 10.2 Å². The molecular formula is C21H34N2O2. The number of hydrogen-bond donors (Lipinski definition) is 3. The predicted octanol–water partition coefficient (Wildman–Crippen LogP) is 3.23. The molecule has 0 heterocycles. The van der Waals surface area contributed by atoms with E-state index in [1.165, 1.54) is 12.0 Å². The zero-order valence-electron chi connectivity index (χ0n) is 15.9. The number of allylic oxidation sites excluding steroid dienone is 1. The quantitative estimate of drug-likeness (QED) is 0.295. The van der Waals surface area contributed by atoms with Crippen LogP contribution in [0.25, 0.3) is 0 Å². The van der Waals surface area contributed by atoms with Gasteiger partial charge >= 0.3 is 0 Å². The first-order valence-corrected chi connectivity index (χ1v) is 10.1. The van der Waals surface area contributed by atoms with Crippen LogP contribution in [0.15, 0.2) is 16.8 Å². The van der Waals surface area contributed by atoms with Gasteiger partial charge in [-0.25, -0.2) is 0 Å². The molecule has 0 unspecified atom stereocenters. The molecule has 0 aromatic rings. The summed E-state index contributed by atoms with van der Waals surface area (Å²) >= 11 is 0. The Labute approximate surface area is 151 Å². The van der Waals surface area contributed by atoms with Gasteiger partial charge in [-0.15, -0.1) is 0 Å². The number of aliphatic hydroxyl groups excluding tert-OH is 2. The molecule has 4 aliphatic rings. The second-order valence-corrected chi connectivity index (χ2v) is 9.75. The van der Waals surface area contributed by atoms with Crippen molar-refractivity contribution in [2.75, 3.05) is 0 Å². The summed E-state index contributed by atoms with van der Waals surface area (Å²) in [6.07, 6.45) is 8.94. The van der Waals surface area contributed by atoms with E-state index in [-0.39, 0.29) is 23.0 Å². The van der Waals surface area contributed by atoms with Crippen LogP contribution in [0.4, 0.5) is 0 Å². The maximum atomic E-state index is 11.3. The van der Waals surface area contributed by atoms with Crippen LogP contribution in [0, 0.1) is 34.5 Å². The molecule has 4 nitrogen and oxygen atoms in total. The first kappa shape index (κ1) is 17.5. The maximum Gasteiger partial charge on any atom is 0.0585 e. The van der Waals surface area contributed by atoms with Crippen LogP contribution in [0.2, 0.25) is 0 Å². The van der Waals surface area contributed by atoms with Crippen LogP contribution in [-0.4, -0.2) is 28.1 Å². The molecule has 0 bridgehead atoms. The molecule has 3 fully saturated rings. The minimum absolute atomic E-state index is 0.0674. The van der Waals surface area contributed by atoms with E-state index < -0.39 is 0 Å². The minimum Gasteiger partial charge on any atom is -0.393 e. The van der Waals surface area contributed by atoms with E-state index in [9.17, 15) is 10.2 Å². The Hall–Kier alpha value is -0.870. The van der Waals surface area contributed by atoms with Gasteiger partial charge in [-0.3, -0.25) is 0 Å². The van der Waals surface area contributed by atoms with E-state index in [1.807, 2.05) is 0 Å². The second-order valence-electron chi connectivity index (χ2n) is 9.75. The molecule has 4 heteroatoms. The molecule has 0 aromatic carbocycles. The average molecular weight is 347 g/mol. The molecule has 0 radical (unpaired) electrons. The topological polar surface area (TPSA) is 78.8 Å². The minimum atomic E-state index is -0.263. The lowest BCUT2D eigenvalue weighted by Gasteiger charge is -2.59. The number of hydrazone groups is 1. The van der Waals surface area contributed by atoms with Crippen molar-refractivity contribution in [1.82, 2.24) is 0 Å². The normalized spacial score (nSPS) is 52.8. The first-order valence-electron chi connectivity index (χ1n) is 10.1. The van der Waals surface area contributed by atoms with E-state index in [1.54, 1.807) is 0 Å². The van der Waals surface area contributed by atoms with E-state index in [0.29, 0.717) is 23.7 Å². The number of aliphatic hydroxyl groups is 2. The molecular weight excluding hydrogens is 312 g/mol. The maximum absolute atomic E-state index is 11.3. The highest BCUT2D eigenvalue weighted by molar-refractivity contribution is 5.85. The summed E-state index contributed by atoms with van der Waals surface area (Å²) < 4.78 is 0. The smallest absolute Gasteiger partial charge is 0.0585 e. The summed E-state index contributed by atoms with van der Waals surface area (Å²) in [6.45, 7) is 6.78. The van der Waals surface area contributed by atoms with Gasteiger partial charge in [-0.2, -0.15) is 5.10 Å². The molecule has 0 aromatic heterocycles. The molecule has 4 aliphatic carbocycles. The highest BCUT2D eigenvalue weighted by Gasteiger charge is 2.61. The third-order valence-electron chi connectivity index (χ3n) is 8.72. The molecule has 4 rings (SSSR count). The van der Waals surface area contributed by atoms with E-state index >= 15 is 0 Å². The van der Waals surface area contributed by atoms with Gasteiger partial charge in [0.2, 0.25) is 0 Å². The van der Waals surface area contributed by atoms with Crippen LogP contribution in [0.1, 0.15) is 65.7 Å². The van der Waals surface area contributed by atoms with Gasteiger partial charge in [0.25, 0.3) is 0 Å². The third kappa shape index (κ3) is 2.36. The summed E-state index contributed by atoms with van der Waals surface area (Å²) in [4.78, 5) is 0. The molecule has 0 spiro atoms. The summed E-state index contributed by atoms with van der Waals surface area (Å²) in [5.74, 6) is 7.55. The summed E-state index contributed by atoms with van der Waals surface area (Å²) in [5.41, 5.74) is 2.64. The van der Waals surface area contributed by atoms with Crippen molar-refractivity contribution in [2.45, 2.75) is 77.9 Å². The van der Waals surface area contributed by atoms with Crippen LogP contribution >= 0.6 is 0 Å². The zero-order chi connectivity index (χ0) is 18.0. The molecule has 0 amide bonds. The molecule has 4 N–H and O–H groups in total. The third-order valence-corrected chi connectivity index (χ3v) is 8.72. The van der Waals surface area contributed by atoms with Gasteiger partial charge in [0, 0.05) is 11.6 Å². The van der Waals surface area contributed by atoms with Crippen molar-refractivity contribution in [3.8, 4) is 0 Å². The van der Waals surface area contributed by atoms with Crippen LogP contribution in [-0.2, 0) is 0 Å². The highest BCUT2D eigenvalue weighted by Crippen LogP contribution is 2.66. The number of rotatable bonds is 1. The number of fused-ring (bicyclic) bond motifs is 5. The monoisotopic (exact) mass is 346 g/mol. The lowest BCUT2D eigenvalue weighted by Crippen LogP contribution is -2.56. The van der Waals surface area contributed by atoms with Gasteiger partial charge < -0.3 is 16.1 Å². The molecule has 0 saturated heterocycles. The summed E-state index contributed by atoms with van der Waals surface area (Å²) in [5, 5.41) is 25.4. The van der Waals surface area contributed by atoms with Crippen LogP contribution in [0.5, 0.6) is 0 Å². The van der Waals surface area contributed by atoms with Crippen molar-refractivity contribution in [1.29, 1.82) is 0 Å². The lowest BCUT2D eigenvalue weighted by atomic mass is 9.46. The fourth-order valence-electron chi connectivity index (χ4n) is 7.55. The molecule has 8 atom stereocenters. The number of nitrogens with two attached hydrogens (primary N) is 1. The Bertz CT molecular complexity index is 615. The van der Waals surface area contributed by atoms with Crippen molar-refractivity contribution in [3.63, 3.8) is 0 Å². The van der Waals surface area contributed by atoms with Crippen molar-refractivity contribution in [2.24, 2.45) is 45.4 Å². The Morgan fingerprint density at radius 2 is 2.00 bits per heavy atom. The lowest BCUT2D eigenvalue weighted by molar-refractivity contribution is -0.120. The van der Waals surface area contributed by atoms with E-state index in [4.69, 9.17) is 5.84 Å². The zero-order valence-corrected chi connectivity index (χ0v) is 15.9. The Morgan fingerprint density at radius 3 is 2.72 bits per heavy atom. The standard InChI is InChI=1S/C21H34N2O2/c1-12(23-22)16-6-7-17-15-5-4-13-10-14(24)8-9-20(13,2)19(15)18(25)11-21(16,17)3/h4,14-19,24-25H,5-11,22H2,1-3H3/b23-12+/t14-,15-,16+,17-,18-,19+,20-,21+/m0/s1. The predicted molar refractivity (Wildman–Crippen MR) is 99.9 cm³/mol. The highest BCUT2D eigenvalue weighted by atomic mass is 16.3. The molecule has 140 valence electrons. The summed E-state index contributed by atoms with van der Waals surface area (Å²) in [6, 6.07) is 0. The molecule has 3 saturated carbocycles. The molecule has 0 aliphatic heterocycles. The Morgan fingerprint density at radius 1 is 1.24 bits per heavy atom. The Kier molecular flexibility index (Phi) is 4.08. The fourth-order valence-corrected chi connectivity index (χ4v) is 7.55. The second kappa shape index (κ2) is 5.82. The average Bonchev–Trinajstić information content (AvgIpc) is 2.91. The number of nitrogens with zero attached hydrogens (tertiary/aromatic N) is 1. The molecule has 25 heavy (non-hydrogen) atoms. The fraction of sp³-hybridized carbons (Fsp3) is 0.857. The van der Waals surface area contributed by atoms with E-state index in [2.05, 4.69) is 31.9 Å². The van der Waals surface area contributed by atoms with E-state index in [0.717, 1.165) is 44.2 Å². The number of hydrogen-bond acceptors (Lipinski definition) is 4. The van der Waals surface area contributed by atoms with Gasteiger partial charge in [0.1, 0.15) is 0 Å². The SMILES string of the molecule is C/C(=N\N)[C@H]1CC[C@H]2[C@@H]3CC=C4C[C@@H](O)CC[C@]4(C)[C@H]3[C@@H](O)C[C@]12C. The van der Waals surface area contributed by atoms with Crippen LogP contribution < -0.4 is 5.84 Å². The summed E-state index contributed by atoms with van der Waals surface area (Å²) in [7, 11) is 0. The van der Waals surface area contributed by atoms with Gasteiger partial charge in [-0.05, 0) is 80.5 Å². The van der Waals surface area contributed by atoms with Crippen molar-refractivity contribution in [3.05, 3.63) is 11.6 Å². The van der Waals surface area contributed by atoms with Gasteiger partial charge in [-0.1, -0.05) is 25.5 Å². The largest absolute Gasteiger partial charge is 0.393 e. The van der Waals surface area contributed by atoms with Gasteiger partial charge in [0.05, 0.1) is 12.2 Å².